The molecule has 76 heavy (non-hydrogen) atoms. The quantitative estimate of drug-likeness (QED) is 0.136. The number of piperidine rings is 1. The van der Waals surface area contributed by atoms with Gasteiger partial charge < -0.3 is 53.0 Å². The molecule has 0 unspecified atom stereocenters. The van der Waals surface area contributed by atoms with Crippen molar-refractivity contribution in [1.82, 2.24) is 4.90 Å². The van der Waals surface area contributed by atoms with Crippen LogP contribution in [0.15, 0.2) is 47.6 Å². The number of fused-ring (bicyclic) bond motifs is 3. The van der Waals surface area contributed by atoms with Crippen molar-refractivity contribution in [3.63, 3.8) is 0 Å². The van der Waals surface area contributed by atoms with E-state index in [-0.39, 0.29) is 56.0 Å². The number of ether oxygens (including phenoxy) is 8. The second-order valence-electron chi connectivity index (χ2n) is 23.5. The number of Topliss-reactive ketones (excluding diaryl/α,β-unsaturated/α-hetero) is 3. The van der Waals surface area contributed by atoms with E-state index in [0.717, 1.165) is 5.57 Å². The van der Waals surface area contributed by atoms with Crippen molar-refractivity contribution in [1.29, 1.82) is 0 Å². The Morgan fingerprint density at radius 3 is 2.18 bits per heavy atom. The van der Waals surface area contributed by atoms with Gasteiger partial charge >= 0.3 is 11.9 Å². The smallest absolute Gasteiger partial charge is 0.329 e. The standard InChI is InChI=1S/C59H91NO16/c1-35-19-15-14-16-20-36(2)47(69-11)31-43-24-22-41(7)59(68,76-43)53(64)54(65)60-26-18-17-21-44(60)55(66)74-48(32-45(61)37(3)28-40(6)51(63)52(71-13)50(62)39(5)27-35)38(4)29-42-23-25-46(49(30-42)70-12)75-56(67)58(10)33-72-57(8,9)73-34-58/h14-16,19-20,28,35,37-39,41-44,46-49,51-52,63,68H,17-18,21-27,29-34H2,1-13H3/b16-14?,19-15+,36-20?,40-28+/t35-,37-,38-,39-,41-,42+,43+,44+,46-,47+,48+,49-,51-,52+,59-/m1/s1. The molecule has 0 aromatic heterocycles. The van der Waals surface area contributed by atoms with Gasteiger partial charge in [-0.05, 0) is 128 Å². The molecule has 17 heteroatoms. The molecule has 0 aromatic carbocycles. The summed E-state index contributed by atoms with van der Waals surface area (Å²) in [4.78, 5) is 86.3. The number of aliphatic hydroxyl groups excluding tert-OH is 1. The highest BCUT2D eigenvalue weighted by atomic mass is 16.7. The monoisotopic (exact) mass is 1070 g/mol. The molecule has 15 atom stereocenters. The molecule has 0 spiro atoms. The first kappa shape index (κ1) is 62.9. The molecule has 3 saturated heterocycles. The average Bonchev–Trinajstić information content (AvgIpc) is 3.39. The number of hydrogen-bond acceptors (Lipinski definition) is 16. The van der Waals surface area contributed by atoms with E-state index in [9.17, 15) is 39.0 Å². The highest BCUT2D eigenvalue weighted by Gasteiger charge is 2.53. The predicted molar refractivity (Wildman–Crippen MR) is 283 cm³/mol. The van der Waals surface area contributed by atoms with Crippen LogP contribution in [0.2, 0.25) is 0 Å². The van der Waals surface area contributed by atoms with E-state index in [2.05, 4.69) is 0 Å². The fourth-order valence-corrected chi connectivity index (χ4v) is 11.4. The van der Waals surface area contributed by atoms with E-state index >= 15 is 0 Å². The van der Waals surface area contributed by atoms with Crippen LogP contribution in [0.25, 0.3) is 0 Å². The van der Waals surface area contributed by atoms with Crippen molar-refractivity contribution in [2.45, 2.75) is 207 Å². The number of amides is 1. The zero-order valence-corrected chi connectivity index (χ0v) is 47.7. The minimum Gasteiger partial charge on any atom is -0.460 e. The Bertz CT molecular complexity index is 2140. The number of carbonyl (C=O) groups is 6. The van der Waals surface area contributed by atoms with Crippen molar-refractivity contribution < 1.29 is 76.9 Å². The molecule has 1 aliphatic carbocycles. The van der Waals surface area contributed by atoms with Crippen LogP contribution in [0.4, 0.5) is 0 Å². The summed E-state index contributed by atoms with van der Waals surface area (Å²) in [5, 5.41) is 23.6. The Morgan fingerprint density at radius 2 is 1.53 bits per heavy atom. The molecule has 0 aromatic rings. The predicted octanol–water partition coefficient (Wildman–Crippen LogP) is 7.52. The van der Waals surface area contributed by atoms with Crippen LogP contribution in [0.3, 0.4) is 0 Å². The summed E-state index contributed by atoms with van der Waals surface area (Å²) in [6.07, 6.45) is 10.5. The fourth-order valence-electron chi connectivity index (χ4n) is 11.4. The Kier molecular flexibility index (Phi) is 23.0. The molecule has 5 rings (SSSR count). The molecule has 2 bridgehead atoms. The van der Waals surface area contributed by atoms with Crippen LogP contribution in [-0.4, -0.2) is 152 Å². The third-order valence-electron chi connectivity index (χ3n) is 16.7. The number of hydrogen-bond donors (Lipinski definition) is 2. The van der Waals surface area contributed by atoms with E-state index in [1.165, 1.54) is 12.0 Å². The Balaban J connectivity index is 1.43. The lowest BCUT2D eigenvalue weighted by Crippen LogP contribution is -2.61. The topological polar surface area (TPSA) is 220 Å². The normalized spacial score (nSPS) is 37.7. The van der Waals surface area contributed by atoms with E-state index < -0.39 is 113 Å². The molecule has 1 saturated carbocycles. The molecule has 428 valence electrons. The van der Waals surface area contributed by atoms with E-state index in [1.54, 1.807) is 61.8 Å². The van der Waals surface area contributed by atoms with Gasteiger partial charge in [0.25, 0.3) is 11.7 Å². The lowest BCUT2D eigenvalue weighted by molar-refractivity contribution is -0.283. The van der Waals surface area contributed by atoms with Crippen LogP contribution in [0.1, 0.15) is 146 Å². The van der Waals surface area contributed by atoms with Crippen LogP contribution in [0, 0.1) is 40.9 Å². The van der Waals surface area contributed by atoms with Gasteiger partial charge in [-0.1, -0.05) is 71.1 Å². The number of ketones is 3. The number of esters is 2. The van der Waals surface area contributed by atoms with Gasteiger partial charge in [0, 0.05) is 58.5 Å². The highest BCUT2D eigenvalue weighted by Crippen LogP contribution is 2.39. The maximum atomic E-state index is 14.6. The number of allylic oxidation sites excluding steroid dienone is 6. The van der Waals surface area contributed by atoms with Gasteiger partial charge in [0.05, 0.1) is 31.5 Å². The number of aliphatic hydroxyl groups is 2. The van der Waals surface area contributed by atoms with Crippen molar-refractivity contribution in [3.8, 4) is 0 Å². The summed E-state index contributed by atoms with van der Waals surface area (Å²) in [5.41, 5.74) is 0.243. The van der Waals surface area contributed by atoms with Crippen LogP contribution in [-0.2, 0) is 66.7 Å². The van der Waals surface area contributed by atoms with Crippen LogP contribution in [0.5, 0.6) is 0 Å². The van der Waals surface area contributed by atoms with Gasteiger partial charge in [-0.2, -0.15) is 0 Å². The van der Waals surface area contributed by atoms with Gasteiger partial charge in [0.15, 0.2) is 11.6 Å². The maximum absolute atomic E-state index is 14.6. The SMILES string of the molecule is CO[C@H]1C[C@@H]2CC[C@@H](C)[C@@](O)(O2)C(=O)C(=O)N2CCCC[C@H]2C(=O)O[C@H]([C@H](C)C[C@@H]2CC[C@@H](OC(=O)C3(C)COC(C)(C)OC3)[C@H](OC)C2)CC(=O)[C@H](C)/C=C(\C)[C@@H](O)[C@@H](OC)C(=O)[C@H](C)C[C@H](C)/C=C/C=CC=C1C. The molecular weight excluding hydrogens is 979 g/mol. The van der Waals surface area contributed by atoms with E-state index in [0.29, 0.717) is 69.8 Å². The number of methoxy groups -OCH3 is 3. The number of carbonyl (C=O) groups excluding carboxylic acids is 6. The fraction of sp³-hybridized carbons (Fsp3) is 0.763. The first-order valence-corrected chi connectivity index (χ1v) is 27.8. The summed E-state index contributed by atoms with van der Waals surface area (Å²) in [6, 6.07) is -1.18. The van der Waals surface area contributed by atoms with Crippen molar-refractivity contribution in [3.05, 3.63) is 47.6 Å². The number of cyclic esters (lactones) is 1. The van der Waals surface area contributed by atoms with Gasteiger partial charge in [-0.25, -0.2) is 4.79 Å². The summed E-state index contributed by atoms with van der Waals surface area (Å²) in [6.45, 7) is 18.3. The Labute approximate surface area is 451 Å². The van der Waals surface area contributed by atoms with Crippen molar-refractivity contribution >= 4 is 35.2 Å². The summed E-state index contributed by atoms with van der Waals surface area (Å²) < 4.78 is 47.6. The second-order valence-corrected chi connectivity index (χ2v) is 23.5. The Hall–Kier alpha value is -3.94. The van der Waals surface area contributed by atoms with Gasteiger partial charge in [-0.3, -0.25) is 24.0 Å². The van der Waals surface area contributed by atoms with Crippen LogP contribution < -0.4 is 0 Å². The lowest BCUT2D eigenvalue weighted by atomic mass is 9.78. The summed E-state index contributed by atoms with van der Waals surface area (Å²) in [7, 11) is 4.52. The molecule has 17 nitrogen and oxygen atoms in total. The van der Waals surface area contributed by atoms with Gasteiger partial charge in [-0.15, -0.1) is 0 Å². The summed E-state index contributed by atoms with van der Waals surface area (Å²) in [5.74, 6) is -9.63. The molecule has 2 N–H and O–H groups in total. The van der Waals surface area contributed by atoms with Crippen LogP contribution >= 0.6 is 0 Å². The van der Waals surface area contributed by atoms with Crippen molar-refractivity contribution in [2.75, 3.05) is 41.1 Å². The largest absolute Gasteiger partial charge is 0.460 e. The molecule has 0 radical (unpaired) electrons. The first-order valence-electron chi connectivity index (χ1n) is 27.8. The summed E-state index contributed by atoms with van der Waals surface area (Å²) >= 11 is 0. The van der Waals surface area contributed by atoms with Gasteiger partial charge in [0.2, 0.25) is 5.79 Å². The third-order valence-corrected chi connectivity index (χ3v) is 16.7. The minimum absolute atomic E-state index is 0.000496. The first-order chi connectivity index (χ1) is 35.8. The third kappa shape index (κ3) is 16.1. The molecule has 4 fully saturated rings. The zero-order valence-electron chi connectivity index (χ0n) is 47.7. The molecule has 1 amide bonds. The molecular formula is C59H91NO16. The van der Waals surface area contributed by atoms with E-state index in [4.69, 9.17) is 37.9 Å². The lowest BCUT2D eigenvalue weighted by Gasteiger charge is -2.43. The van der Waals surface area contributed by atoms with Gasteiger partial charge in [0.1, 0.15) is 41.7 Å². The highest BCUT2D eigenvalue weighted by molar-refractivity contribution is 6.39. The molecule has 4 aliphatic heterocycles. The Morgan fingerprint density at radius 1 is 0.829 bits per heavy atom. The zero-order chi connectivity index (χ0) is 56.3. The maximum Gasteiger partial charge on any atom is 0.329 e. The van der Waals surface area contributed by atoms with Crippen molar-refractivity contribution in [2.24, 2.45) is 40.9 Å². The second kappa shape index (κ2) is 27.8. The number of nitrogens with zero attached hydrogens (tertiary/aromatic N) is 1. The minimum atomic E-state index is -2.46. The molecule has 4 heterocycles. The van der Waals surface area contributed by atoms with E-state index in [1.807, 2.05) is 58.1 Å². The molecule has 5 aliphatic rings. The average molecular weight is 1070 g/mol. The number of rotatable bonds is 8.